The number of nitrogens with one attached hydrogen (secondary N) is 1. The van der Waals surface area contributed by atoms with Gasteiger partial charge in [0.2, 0.25) is 0 Å². The molecule has 0 aliphatic rings. The van der Waals surface area contributed by atoms with Gasteiger partial charge in [0.25, 0.3) is 5.91 Å². The predicted octanol–water partition coefficient (Wildman–Crippen LogP) is 1.46. The number of benzene rings is 1. The number of oxime groups is 1. The van der Waals surface area contributed by atoms with Crippen LogP contribution in [0.4, 0.5) is 0 Å². The summed E-state index contributed by atoms with van der Waals surface area (Å²) in [7, 11) is 0. The Labute approximate surface area is 107 Å². The molecule has 18 heavy (non-hydrogen) atoms. The smallest absolute Gasteiger partial charge is 0.251 e. The van der Waals surface area contributed by atoms with Crippen molar-refractivity contribution in [3.63, 3.8) is 0 Å². The molecule has 0 unspecified atom stereocenters. The second-order valence-electron chi connectivity index (χ2n) is 5.07. The molecule has 0 spiro atoms. The van der Waals surface area contributed by atoms with Gasteiger partial charge in [0, 0.05) is 5.56 Å². The third-order valence-corrected chi connectivity index (χ3v) is 2.54. The third kappa shape index (κ3) is 3.48. The van der Waals surface area contributed by atoms with Gasteiger partial charge in [-0.2, -0.15) is 0 Å². The van der Waals surface area contributed by atoms with Crippen molar-refractivity contribution >= 4 is 11.7 Å². The summed E-state index contributed by atoms with van der Waals surface area (Å²) in [4.78, 5) is 12.0. The van der Waals surface area contributed by atoms with Crippen molar-refractivity contribution in [3.05, 3.63) is 35.4 Å². The normalized spacial score (nSPS) is 12.3. The van der Waals surface area contributed by atoms with Crippen molar-refractivity contribution in [2.24, 2.45) is 10.9 Å². The molecule has 0 aliphatic heterocycles. The molecule has 1 amide bonds. The van der Waals surface area contributed by atoms with Gasteiger partial charge in [-0.3, -0.25) is 4.79 Å². The number of rotatable bonds is 3. The van der Waals surface area contributed by atoms with Crippen LogP contribution in [0, 0.1) is 0 Å². The molecule has 98 valence electrons. The lowest BCUT2D eigenvalue weighted by molar-refractivity contribution is 0.0957. The van der Waals surface area contributed by atoms with Crippen LogP contribution in [0.25, 0.3) is 0 Å². The number of nitrogens with two attached hydrogens (primary N) is 1. The zero-order chi connectivity index (χ0) is 13.8. The van der Waals surface area contributed by atoms with Crippen LogP contribution in [0.1, 0.15) is 36.7 Å². The zero-order valence-corrected chi connectivity index (χ0v) is 10.9. The molecule has 0 bridgehead atoms. The summed E-state index contributed by atoms with van der Waals surface area (Å²) in [6.45, 7) is 6.15. The molecule has 0 saturated heterocycles. The van der Waals surface area contributed by atoms with Crippen LogP contribution in [-0.4, -0.2) is 23.5 Å². The van der Waals surface area contributed by atoms with E-state index in [9.17, 15) is 4.79 Å². The summed E-state index contributed by atoms with van der Waals surface area (Å²) < 4.78 is 0. The summed E-state index contributed by atoms with van der Waals surface area (Å²) >= 11 is 0. The van der Waals surface area contributed by atoms with Crippen LogP contribution in [-0.2, 0) is 5.41 Å². The van der Waals surface area contributed by atoms with Crippen molar-refractivity contribution in [2.45, 2.75) is 26.2 Å². The molecular formula is C13H19N3O2. The number of amidine groups is 1. The van der Waals surface area contributed by atoms with E-state index in [4.69, 9.17) is 10.9 Å². The maximum atomic E-state index is 12.0. The molecule has 5 heteroatoms. The van der Waals surface area contributed by atoms with Gasteiger partial charge < -0.3 is 16.3 Å². The molecule has 1 rings (SSSR count). The minimum Gasteiger partial charge on any atom is -0.409 e. The van der Waals surface area contributed by atoms with Crippen molar-refractivity contribution in [1.82, 2.24) is 5.32 Å². The lowest BCUT2D eigenvalue weighted by Gasteiger charge is -2.22. The summed E-state index contributed by atoms with van der Waals surface area (Å²) in [6.07, 6.45) is 0. The monoisotopic (exact) mass is 249 g/mol. The first-order valence-electron chi connectivity index (χ1n) is 5.70. The van der Waals surface area contributed by atoms with Crippen LogP contribution < -0.4 is 11.1 Å². The molecule has 4 N–H and O–H groups in total. The van der Waals surface area contributed by atoms with E-state index < -0.39 is 0 Å². The zero-order valence-electron chi connectivity index (χ0n) is 10.9. The van der Waals surface area contributed by atoms with E-state index in [1.807, 2.05) is 39.0 Å². The van der Waals surface area contributed by atoms with E-state index in [2.05, 4.69) is 10.5 Å². The topological polar surface area (TPSA) is 87.7 Å². The molecule has 5 nitrogen and oxygen atoms in total. The highest BCUT2D eigenvalue weighted by Gasteiger charge is 2.20. The highest BCUT2D eigenvalue weighted by atomic mass is 16.4. The van der Waals surface area contributed by atoms with Gasteiger partial charge in [-0.15, -0.1) is 0 Å². The van der Waals surface area contributed by atoms with Gasteiger partial charge in [-0.05, 0) is 17.0 Å². The number of carbonyl (C=O) groups excluding carboxylic acids is 1. The molecule has 0 aliphatic carbocycles. The van der Waals surface area contributed by atoms with Crippen molar-refractivity contribution < 1.29 is 10.0 Å². The van der Waals surface area contributed by atoms with E-state index in [1.54, 1.807) is 6.07 Å². The van der Waals surface area contributed by atoms with Crippen LogP contribution in [0.15, 0.2) is 29.4 Å². The summed E-state index contributed by atoms with van der Waals surface area (Å²) in [5.74, 6) is -0.260. The minimum absolute atomic E-state index is 0.0216. The van der Waals surface area contributed by atoms with Crippen LogP contribution in [0.3, 0.4) is 0 Å². The first-order chi connectivity index (χ1) is 8.36. The average Bonchev–Trinajstić information content (AvgIpc) is 2.34. The molecule has 0 fully saturated rings. The maximum absolute atomic E-state index is 12.0. The molecular weight excluding hydrogens is 230 g/mol. The number of hydrogen-bond donors (Lipinski definition) is 3. The standard InChI is InChI=1S/C13H19N3O2/c1-13(2,3)10-7-5-4-6-9(10)12(17)15-8-11(14)16-18/h4-7,18H,8H2,1-3H3,(H2,14,16)(H,15,17). The Balaban J connectivity index is 2.93. The van der Waals surface area contributed by atoms with Crippen molar-refractivity contribution in [1.29, 1.82) is 0 Å². The Morgan fingerprint density at radius 1 is 1.39 bits per heavy atom. The fourth-order valence-electron chi connectivity index (χ4n) is 1.64. The lowest BCUT2D eigenvalue weighted by Crippen LogP contribution is -2.34. The molecule has 1 aromatic rings. The second-order valence-corrected chi connectivity index (χ2v) is 5.07. The molecule has 0 radical (unpaired) electrons. The molecule has 0 saturated carbocycles. The van der Waals surface area contributed by atoms with Crippen LogP contribution in [0.2, 0.25) is 0 Å². The highest BCUT2D eigenvalue weighted by molar-refractivity contribution is 5.98. The van der Waals surface area contributed by atoms with Gasteiger partial charge in [0.1, 0.15) is 0 Å². The Hall–Kier alpha value is -2.04. The highest BCUT2D eigenvalue weighted by Crippen LogP contribution is 2.25. The molecule has 0 heterocycles. The fourth-order valence-corrected chi connectivity index (χ4v) is 1.64. The molecule has 0 aromatic heterocycles. The van der Waals surface area contributed by atoms with Gasteiger partial charge in [0.05, 0.1) is 6.54 Å². The van der Waals surface area contributed by atoms with Gasteiger partial charge >= 0.3 is 0 Å². The second kappa shape index (κ2) is 5.53. The summed E-state index contributed by atoms with van der Waals surface area (Å²) in [6, 6.07) is 7.41. The van der Waals surface area contributed by atoms with E-state index in [-0.39, 0.29) is 23.7 Å². The minimum atomic E-state index is -0.230. The number of hydrogen-bond acceptors (Lipinski definition) is 3. The Bertz CT molecular complexity index is 462. The van der Waals surface area contributed by atoms with E-state index in [1.165, 1.54) is 0 Å². The van der Waals surface area contributed by atoms with E-state index in [0.717, 1.165) is 5.56 Å². The molecule has 0 atom stereocenters. The maximum Gasteiger partial charge on any atom is 0.251 e. The third-order valence-electron chi connectivity index (χ3n) is 2.54. The Morgan fingerprint density at radius 3 is 2.56 bits per heavy atom. The Kier molecular flexibility index (Phi) is 4.31. The largest absolute Gasteiger partial charge is 0.409 e. The predicted molar refractivity (Wildman–Crippen MR) is 70.9 cm³/mol. The SMILES string of the molecule is CC(C)(C)c1ccccc1C(=O)NC/C(N)=N/O. The van der Waals surface area contributed by atoms with E-state index in [0.29, 0.717) is 5.56 Å². The first-order valence-corrected chi connectivity index (χ1v) is 5.70. The van der Waals surface area contributed by atoms with Gasteiger partial charge in [-0.25, -0.2) is 0 Å². The van der Waals surface area contributed by atoms with Crippen LogP contribution in [0.5, 0.6) is 0 Å². The van der Waals surface area contributed by atoms with Gasteiger partial charge in [-0.1, -0.05) is 44.1 Å². The molecule has 1 aromatic carbocycles. The number of carbonyl (C=O) groups is 1. The lowest BCUT2D eigenvalue weighted by atomic mass is 9.83. The van der Waals surface area contributed by atoms with Gasteiger partial charge in [0.15, 0.2) is 5.84 Å². The first kappa shape index (κ1) is 14.0. The fraction of sp³-hybridized carbons (Fsp3) is 0.385. The summed E-state index contributed by atoms with van der Waals surface area (Å²) in [5.41, 5.74) is 6.76. The van der Waals surface area contributed by atoms with Crippen molar-refractivity contribution in [2.75, 3.05) is 6.54 Å². The van der Waals surface area contributed by atoms with Crippen molar-refractivity contribution in [3.8, 4) is 0 Å². The summed E-state index contributed by atoms with van der Waals surface area (Å²) in [5, 5.41) is 13.8. The van der Waals surface area contributed by atoms with E-state index >= 15 is 0 Å². The van der Waals surface area contributed by atoms with Crippen LogP contribution >= 0.6 is 0 Å². The Morgan fingerprint density at radius 2 is 2.00 bits per heavy atom. The quantitative estimate of drug-likeness (QED) is 0.328. The average molecular weight is 249 g/mol. The number of nitrogens with zero attached hydrogens (tertiary/aromatic N) is 1. The number of amides is 1.